The molecule has 2 aromatic heterocycles. The van der Waals surface area contributed by atoms with Crippen LogP contribution >= 0.6 is 11.3 Å². The Labute approximate surface area is 115 Å². The second-order valence-electron chi connectivity index (χ2n) is 4.25. The van der Waals surface area contributed by atoms with Gasteiger partial charge in [0.2, 0.25) is 5.95 Å². The first-order chi connectivity index (χ1) is 9.31. The van der Waals surface area contributed by atoms with Crippen molar-refractivity contribution in [1.82, 2.24) is 14.5 Å². The highest BCUT2D eigenvalue weighted by atomic mass is 32.1. The van der Waals surface area contributed by atoms with Gasteiger partial charge in [0, 0.05) is 29.2 Å². The fourth-order valence-corrected chi connectivity index (χ4v) is 2.60. The molecule has 0 bridgehead atoms. The summed E-state index contributed by atoms with van der Waals surface area (Å²) in [7, 11) is 0. The number of nitrogens with one attached hydrogen (secondary N) is 1. The van der Waals surface area contributed by atoms with Crippen LogP contribution in [0.3, 0.4) is 0 Å². The van der Waals surface area contributed by atoms with Crippen molar-refractivity contribution < 1.29 is 0 Å². The molecule has 0 spiro atoms. The summed E-state index contributed by atoms with van der Waals surface area (Å²) in [5.74, 6) is 0.832. The Balaban J connectivity index is 1.79. The van der Waals surface area contributed by atoms with Crippen LogP contribution in [0.4, 0.5) is 11.6 Å². The number of imidazole rings is 1. The molecule has 0 saturated carbocycles. The van der Waals surface area contributed by atoms with Crippen molar-refractivity contribution in [1.29, 1.82) is 0 Å². The van der Waals surface area contributed by atoms with Gasteiger partial charge in [-0.05, 0) is 19.1 Å². The van der Waals surface area contributed by atoms with Crippen molar-refractivity contribution in [2.75, 3.05) is 5.32 Å². The minimum atomic E-state index is 0.744. The quantitative estimate of drug-likeness (QED) is 0.789. The van der Waals surface area contributed by atoms with Gasteiger partial charge < -0.3 is 9.88 Å². The molecule has 0 atom stereocenters. The molecule has 0 saturated heterocycles. The van der Waals surface area contributed by atoms with Crippen LogP contribution in [0, 0.1) is 6.92 Å². The van der Waals surface area contributed by atoms with E-state index in [0.717, 1.165) is 28.9 Å². The zero-order chi connectivity index (χ0) is 13.1. The number of aromatic nitrogens is 3. The summed E-state index contributed by atoms with van der Waals surface area (Å²) in [6.45, 7) is 2.75. The third-order valence-electron chi connectivity index (χ3n) is 2.72. The smallest absolute Gasteiger partial charge is 0.207 e. The van der Waals surface area contributed by atoms with Gasteiger partial charge >= 0.3 is 0 Å². The Morgan fingerprint density at radius 1 is 1.26 bits per heavy atom. The highest BCUT2D eigenvalue weighted by molar-refractivity contribution is 7.09. The molecule has 0 aliphatic carbocycles. The molecule has 0 unspecified atom stereocenters. The first-order valence-electron chi connectivity index (χ1n) is 6.05. The highest BCUT2D eigenvalue weighted by Crippen LogP contribution is 2.17. The van der Waals surface area contributed by atoms with E-state index < -0.39 is 0 Å². The standard InChI is InChI=1S/C14H14N4S/c1-11-10-19-13(16-11)9-18-8-7-15-14(18)17-12-5-3-2-4-6-12/h2-8,10H,9H2,1H3,(H,15,17). The van der Waals surface area contributed by atoms with Crippen LogP contribution in [-0.2, 0) is 6.54 Å². The number of anilines is 2. The maximum Gasteiger partial charge on any atom is 0.207 e. The Kier molecular flexibility index (Phi) is 3.29. The van der Waals surface area contributed by atoms with Gasteiger partial charge in [-0.2, -0.15) is 0 Å². The van der Waals surface area contributed by atoms with Gasteiger partial charge in [-0.25, -0.2) is 9.97 Å². The Hall–Kier alpha value is -2.14. The molecule has 3 aromatic rings. The van der Waals surface area contributed by atoms with Crippen LogP contribution in [0.1, 0.15) is 10.7 Å². The molecule has 0 amide bonds. The number of aryl methyl sites for hydroxylation is 1. The molecule has 96 valence electrons. The molecule has 0 radical (unpaired) electrons. The number of thiazole rings is 1. The lowest BCUT2D eigenvalue weighted by Gasteiger charge is -2.08. The maximum atomic E-state index is 4.48. The molecule has 0 fully saturated rings. The number of benzene rings is 1. The summed E-state index contributed by atoms with van der Waals surface area (Å²) < 4.78 is 2.06. The molecule has 0 aliphatic rings. The minimum absolute atomic E-state index is 0.744. The van der Waals surface area contributed by atoms with E-state index in [2.05, 4.69) is 25.2 Å². The third-order valence-corrected chi connectivity index (χ3v) is 3.67. The first kappa shape index (κ1) is 11.9. The van der Waals surface area contributed by atoms with Crippen LogP contribution in [0.2, 0.25) is 0 Å². The highest BCUT2D eigenvalue weighted by Gasteiger charge is 2.06. The van der Waals surface area contributed by atoms with Crippen molar-refractivity contribution in [3.8, 4) is 0 Å². The van der Waals surface area contributed by atoms with Gasteiger partial charge in [-0.15, -0.1) is 11.3 Å². The fraction of sp³-hybridized carbons (Fsp3) is 0.143. The molecule has 19 heavy (non-hydrogen) atoms. The van der Waals surface area contributed by atoms with Gasteiger partial charge in [-0.1, -0.05) is 18.2 Å². The number of para-hydroxylation sites is 1. The third kappa shape index (κ3) is 2.82. The number of hydrogen-bond acceptors (Lipinski definition) is 4. The predicted octanol–water partition coefficient (Wildman–Crippen LogP) is 3.44. The van der Waals surface area contributed by atoms with Crippen LogP contribution in [-0.4, -0.2) is 14.5 Å². The van der Waals surface area contributed by atoms with Crippen molar-refractivity contribution in [2.45, 2.75) is 13.5 Å². The van der Waals surface area contributed by atoms with E-state index >= 15 is 0 Å². The van der Waals surface area contributed by atoms with Gasteiger partial charge in [0.25, 0.3) is 0 Å². The first-order valence-corrected chi connectivity index (χ1v) is 6.93. The summed E-state index contributed by atoms with van der Waals surface area (Å²) >= 11 is 1.68. The van der Waals surface area contributed by atoms with Crippen LogP contribution < -0.4 is 5.32 Å². The predicted molar refractivity (Wildman–Crippen MR) is 77.9 cm³/mol. The van der Waals surface area contributed by atoms with E-state index in [1.54, 1.807) is 17.5 Å². The lowest BCUT2D eigenvalue weighted by molar-refractivity contribution is 0.798. The van der Waals surface area contributed by atoms with Crippen LogP contribution in [0.5, 0.6) is 0 Å². The Bertz CT molecular complexity index is 657. The van der Waals surface area contributed by atoms with E-state index in [1.165, 1.54) is 0 Å². The monoisotopic (exact) mass is 270 g/mol. The molecular weight excluding hydrogens is 256 g/mol. The van der Waals surface area contributed by atoms with Crippen LogP contribution in [0.15, 0.2) is 48.1 Å². The van der Waals surface area contributed by atoms with Crippen molar-refractivity contribution >= 4 is 23.0 Å². The summed E-state index contributed by atoms with van der Waals surface area (Å²) in [5, 5.41) is 6.46. The number of rotatable bonds is 4. The Morgan fingerprint density at radius 2 is 2.11 bits per heavy atom. The van der Waals surface area contributed by atoms with E-state index in [-0.39, 0.29) is 0 Å². The maximum absolute atomic E-state index is 4.48. The van der Waals surface area contributed by atoms with E-state index in [0.29, 0.717) is 0 Å². The normalized spacial score (nSPS) is 10.6. The molecule has 2 heterocycles. The summed E-state index contributed by atoms with van der Waals surface area (Å²) in [4.78, 5) is 8.82. The lowest BCUT2D eigenvalue weighted by Crippen LogP contribution is -2.04. The number of nitrogens with zero attached hydrogens (tertiary/aromatic N) is 3. The average Bonchev–Trinajstić information content (AvgIpc) is 3.01. The average molecular weight is 270 g/mol. The Morgan fingerprint density at radius 3 is 2.84 bits per heavy atom. The summed E-state index contributed by atoms with van der Waals surface area (Å²) in [6.07, 6.45) is 3.76. The van der Waals surface area contributed by atoms with Crippen molar-refractivity contribution in [3.63, 3.8) is 0 Å². The van der Waals surface area contributed by atoms with E-state index in [4.69, 9.17) is 0 Å². The molecule has 1 N–H and O–H groups in total. The van der Waals surface area contributed by atoms with Gasteiger partial charge in [0.15, 0.2) is 0 Å². The zero-order valence-corrected chi connectivity index (χ0v) is 11.4. The van der Waals surface area contributed by atoms with Crippen LogP contribution in [0.25, 0.3) is 0 Å². The second-order valence-corrected chi connectivity index (χ2v) is 5.20. The van der Waals surface area contributed by atoms with Gasteiger partial charge in [0.05, 0.1) is 6.54 Å². The fourth-order valence-electron chi connectivity index (χ4n) is 1.83. The number of hydrogen-bond donors (Lipinski definition) is 1. The molecular formula is C14H14N4S. The molecule has 3 rings (SSSR count). The second kappa shape index (κ2) is 5.24. The van der Waals surface area contributed by atoms with Gasteiger partial charge in [-0.3, -0.25) is 0 Å². The van der Waals surface area contributed by atoms with E-state index in [1.807, 2.05) is 43.5 Å². The zero-order valence-electron chi connectivity index (χ0n) is 10.6. The van der Waals surface area contributed by atoms with E-state index in [9.17, 15) is 0 Å². The molecule has 4 nitrogen and oxygen atoms in total. The molecule has 5 heteroatoms. The van der Waals surface area contributed by atoms with Crippen molar-refractivity contribution in [3.05, 3.63) is 58.8 Å². The molecule has 1 aromatic carbocycles. The van der Waals surface area contributed by atoms with Gasteiger partial charge in [0.1, 0.15) is 5.01 Å². The van der Waals surface area contributed by atoms with Crippen molar-refractivity contribution in [2.24, 2.45) is 0 Å². The largest absolute Gasteiger partial charge is 0.326 e. The topological polar surface area (TPSA) is 42.7 Å². The SMILES string of the molecule is Cc1csc(Cn2ccnc2Nc2ccccc2)n1. The molecule has 0 aliphatic heterocycles. The minimum Gasteiger partial charge on any atom is -0.326 e. The summed E-state index contributed by atoms with van der Waals surface area (Å²) in [6, 6.07) is 10.0. The lowest BCUT2D eigenvalue weighted by atomic mass is 10.3. The summed E-state index contributed by atoms with van der Waals surface area (Å²) in [5.41, 5.74) is 2.10.